The van der Waals surface area contributed by atoms with E-state index in [0.717, 1.165) is 6.42 Å². The molecule has 0 aromatic heterocycles. The van der Waals surface area contributed by atoms with Gasteiger partial charge >= 0.3 is 11.9 Å². The van der Waals surface area contributed by atoms with Gasteiger partial charge < -0.3 is 19.7 Å². The molecule has 1 fully saturated rings. The van der Waals surface area contributed by atoms with E-state index in [9.17, 15) is 19.2 Å². The van der Waals surface area contributed by atoms with Gasteiger partial charge in [0, 0.05) is 11.3 Å². The van der Waals surface area contributed by atoms with Crippen molar-refractivity contribution in [2.75, 3.05) is 11.9 Å². The molecular formula is C24H30N2O6. The molecule has 1 N–H and O–H groups in total. The highest BCUT2D eigenvalue weighted by molar-refractivity contribution is 6.13. The van der Waals surface area contributed by atoms with E-state index in [1.165, 1.54) is 4.90 Å². The number of hydrogen-bond donors (Lipinski definition) is 1. The lowest BCUT2D eigenvalue weighted by molar-refractivity contribution is -0.176. The van der Waals surface area contributed by atoms with Crippen molar-refractivity contribution in [3.63, 3.8) is 0 Å². The maximum Gasteiger partial charge on any atom is 0.356 e. The zero-order chi connectivity index (χ0) is 23.5. The molecule has 2 heterocycles. The summed E-state index contributed by atoms with van der Waals surface area (Å²) in [5.41, 5.74) is -0.162. The molecular weight excluding hydrogens is 412 g/mol. The number of β-lactam (4-membered cyclic amide) rings is 1. The average Bonchev–Trinajstić information content (AvgIpc) is 2.72. The normalized spacial score (nSPS) is 20.2. The number of benzene rings is 1. The fraction of sp³-hybridized carbons (Fsp3) is 0.500. The standard InChI is InChI=1S/C24H30N2O6/c1-5-6-14-31-22(29)18-17-13-12-16(20(27)25-15-10-8-7-9-11-15)19(26(17)21(18)28)23(30)32-24(2,3)4/h7-11,17-18H,5-6,12-14H2,1-4H3,(H,25,27)/t17-,18-/m0/s1. The first kappa shape index (κ1) is 23.5. The van der Waals surface area contributed by atoms with Crippen LogP contribution in [0.1, 0.15) is 53.4 Å². The Labute approximate surface area is 187 Å². The van der Waals surface area contributed by atoms with Crippen LogP contribution in [0.15, 0.2) is 41.6 Å². The van der Waals surface area contributed by atoms with Gasteiger partial charge in [0.15, 0.2) is 5.92 Å². The monoisotopic (exact) mass is 442 g/mol. The number of carbonyl (C=O) groups is 4. The second-order valence-electron chi connectivity index (χ2n) is 8.96. The SMILES string of the molecule is CCCCOC(=O)[C@@H]1C(=O)N2C(C(=O)OC(C)(C)C)=C(C(=O)Nc3ccccc3)CC[C@@H]12. The molecule has 1 saturated heterocycles. The van der Waals surface area contributed by atoms with E-state index in [1.807, 2.05) is 13.0 Å². The average molecular weight is 443 g/mol. The van der Waals surface area contributed by atoms with Crippen molar-refractivity contribution in [1.29, 1.82) is 0 Å². The predicted molar refractivity (Wildman–Crippen MR) is 117 cm³/mol. The Hall–Kier alpha value is -3.16. The van der Waals surface area contributed by atoms with Gasteiger partial charge in [-0.3, -0.25) is 14.4 Å². The van der Waals surface area contributed by atoms with Crippen molar-refractivity contribution >= 4 is 29.4 Å². The summed E-state index contributed by atoms with van der Waals surface area (Å²) in [4.78, 5) is 52.7. The van der Waals surface area contributed by atoms with Crippen molar-refractivity contribution < 1.29 is 28.7 Å². The lowest BCUT2D eigenvalue weighted by Gasteiger charge is -2.49. The van der Waals surface area contributed by atoms with Gasteiger partial charge in [-0.05, 0) is 52.2 Å². The van der Waals surface area contributed by atoms with Gasteiger partial charge in [0.1, 0.15) is 11.3 Å². The Morgan fingerprint density at radius 1 is 1.16 bits per heavy atom. The van der Waals surface area contributed by atoms with Crippen LogP contribution in [-0.2, 0) is 28.7 Å². The Morgan fingerprint density at radius 2 is 1.84 bits per heavy atom. The molecule has 0 bridgehead atoms. The molecule has 0 unspecified atom stereocenters. The van der Waals surface area contributed by atoms with Crippen molar-refractivity contribution in [3.8, 4) is 0 Å². The van der Waals surface area contributed by atoms with Gasteiger partial charge in [0.25, 0.3) is 5.91 Å². The van der Waals surface area contributed by atoms with E-state index in [0.29, 0.717) is 18.5 Å². The molecule has 0 saturated carbocycles. The van der Waals surface area contributed by atoms with Crippen LogP contribution in [0.4, 0.5) is 5.69 Å². The molecule has 0 spiro atoms. The topological polar surface area (TPSA) is 102 Å². The Morgan fingerprint density at radius 3 is 2.47 bits per heavy atom. The minimum atomic E-state index is -0.956. The molecule has 2 amide bonds. The van der Waals surface area contributed by atoms with Crippen LogP contribution in [0.3, 0.4) is 0 Å². The van der Waals surface area contributed by atoms with Gasteiger partial charge in [-0.1, -0.05) is 31.5 Å². The maximum atomic E-state index is 13.0. The minimum Gasteiger partial charge on any atom is -0.465 e. The van der Waals surface area contributed by atoms with Gasteiger partial charge in [-0.2, -0.15) is 0 Å². The number of nitrogens with one attached hydrogen (secondary N) is 1. The van der Waals surface area contributed by atoms with Gasteiger partial charge in [-0.25, -0.2) is 4.79 Å². The van der Waals surface area contributed by atoms with Crippen molar-refractivity contribution in [1.82, 2.24) is 4.90 Å². The summed E-state index contributed by atoms with van der Waals surface area (Å²) in [7, 11) is 0. The summed E-state index contributed by atoms with van der Waals surface area (Å²) < 4.78 is 10.7. The number of esters is 2. The highest BCUT2D eigenvalue weighted by Crippen LogP contribution is 2.41. The number of anilines is 1. The van der Waals surface area contributed by atoms with E-state index in [-0.39, 0.29) is 24.3 Å². The minimum absolute atomic E-state index is 0.0905. The molecule has 1 aromatic rings. The number of para-hydroxylation sites is 1. The molecule has 0 aliphatic carbocycles. The largest absolute Gasteiger partial charge is 0.465 e. The quantitative estimate of drug-likeness (QED) is 0.301. The molecule has 2 aliphatic rings. The van der Waals surface area contributed by atoms with Gasteiger partial charge in [0.2, 0.25) is 5.91 Å². The first-order chi connectivity index (χ1) is 15.1. The van der Waals surface area contributed by atoms with Crippen LogP contribution in [-0.4, -0.2) is 46.9 Å². The fourth-order valence-electron chi connectivity index (χ4n) is 3.83. The van der Waals surface area contributed by atoms with E-state index in [1.54, 1.807) is 45.0 Å². The Balaban J connectivity index is 1.88. The first-order valence-electron chi connectivity index (χ1n) is 11.0. The van der Waals surface area contributed by atoms with Crippen LogP contribution in [0, 0.1) is 5.92 Å². The second-order valence-corrected chi connectivity index (χ2v) is 8.96. The number of ether oxygens (including phenoxy) is 2. The number of hydrogen-bond acceptors (Lipinski definition) is 6. The number of fused-ring (bicyclic) bond motifs is 1. The number of carbonyl (C=O) groups excluding carboxylic acids is 4. The molecule has 172 valence electrons. The second kappa shape index (κ2) is 9.54. The third kappa shape index (κ3) is 5.00. The molecule has 8 nitrogen and oxygen atoms in total. The summed E-state index contributed by atoms with van der Waals surface area (Å²) in [5.74, 6) is -3.31. The highest BCUT2D eigenvalue weighted by atomic mass is 16.6. The van der Waals surface area contributed by atoms with Crippen LogP contribution < -0.4 is 5.32 Å². The summed E-state index contributed by atoms with van der Waals surface area (Å²) >= 11 is 0. The number of nitrogens with zero attached hydrogens (tertiary/aromatic N) is 1. The van der Waals surface area contributed by atoms with E-state index in [4.69, 9.17) is 9.47 Å². The van der Waals surface area contributed by atoms with Gasteiger partial charge in [0.05, 0.1) is 12.6 Å². The highest BCUT2D eigenvalue weighted by Gasteiger charge is 2.57. The maximum absolute atomic E-state index is 13.0. The lowest BCUT2D eigenvalue weighted by atomic mass is 9.78. The Bertz CT molecular complexity index is 932. The molecule has 8 heteroatoms. The Kier molecular flexibility index (Phi) is 7.01. The zero-order valence-electron chi connectivity index (χ0n) is 19.0. The van der Waals surface area contributed by atoms with Crippen molar-refractivity contribution in [2.45, 2.75) is 65.0 Å². The number of amides is 2. The van der Waals surface area contributed by atoms with Crippen LogP contribution in [0.2, 0.25) is 0 Å². The predicted octanol–water partition coefficient (Wildman–Crippen LogP) is 3.19. The third-order valence-electron chi connectivity index (χ3n) is 5.33. The van der Waals surface area contributed by atoms with Crippen LogP contribution in [0.25, 0.3) is 0 Å². The van der Waals surface area contributed by atoms with Crippen LogP contribution in [0.5, 0.6) is 0 Å². The molecule has 1 aromatic carbocycles. The van der Waals surface area contributed by atoms with E-state index >= 15 is 0 Å². The number of rotatable bonds is 7. The molecule has 2 atom stereocenters. The van der Waals surface area contributed by atoms with Crippen LogP contribution >= 0.6 is 0 Å². The lowest BCUT2D eigenvalue weighted by Crippen LogP contribution is -2.66. The van der Waals surface area contributed by atoms with E-state index in [2.05, 4.69) is 5.32 Å². The molecule has 3 rings (SSSR count). The number of unbranched alkanes of at least 4 members (excludes halogenated alkanes) is 1. The summed E-state index contributed by atoms with van der Waals surface area (Å²) in [6.45, 7) is 7.36. The summed E-state index contributed by atoms with van der Waals surface area (Å²) in [5, 5.41) is 2.77. The summed E-state index contributed by atoms with van der Waals surface area (Å²) in [6.07, 6.45) is 2.20. The van der Waals surface area contributed by atoms with E-state index < -0.39 is 41.3 Å². The zero-order valence-corrected chi connectivity index (χ0v) is 19.0. The molecule has 0 radical (unpaired) electrons. The smallest absolute Gasteiger partial charge is 0.356 e. The third-order valence-corrected chi connectivity index (χ3v) is 5.33. The first-order valence-corrected chi connectivity index (χ1v) is 11.0. The van der Waals surface area contributed by atoms with Crippen molar-refractivity contribution in [2.24, 2.45) is 5.92 Å². The molecule has 2 aliphatic heterocycles. The fourth-order valence-corrected chi connectivity index (χ4v) is 3.83. The molecule has 32 heavy (non-hydrogen) atoms. The van der Waals surface area contributed by atoms with Gasteiger partial charge in [-0.15, -0.1) is 0 Å². The summed E-state index contributed by atoms with van der Waals surface area (Å²) in [6, 6.07) is 8.33. The van der Waals surface area contributed by atoms with Crippen molar-refractivity contribution in [3.05, 3.63) is 41.6 Å².